The van der Waals surface area contributed by atoms with E-state index < -0.39 is 6.09 Å². The third-order valence-electron chi connectivity index (χ3n) is 5.73. The first-order chi connectivity index (χ1) is 13.6. The minimum absolute atomic E-state index is 0.169. The fraction of sp³-hybridized carbons (Fsp3) is 0.348. The fourth-order valence-electron chi connectivity index (χ4n) is 4.30. The summed E-state index contributed by atoms with van der Waals surface area (Å²) in [5.41, 5.74) is 2.03. The lowest BCUT2D eigenvalue weighted by Crippen LogP contribution is -2.46. The van der Waals surface area contributed by atoms with Crippen LogP contribution in [0, 0.1) is 5.92 Å². The van der Waals surface area contributed by atoms with Crippen LogP contribution in [-0.2, 0) is 20.7 Å². The Bertz CT molecular complexity index is 865. The van der Waals surface area contributed by atoms with Crippen LogP contribution in [-0.4, -0.2) is 35.3 Å². The molecule has 1 heterocycles. The molecular formula is C23H23NO4. The zero-order chi connectivity index (χ0) is 19.5. The molecule has 1 aliphatic carbocycles. The van der Waals surface area contributed by atoms with Crippen molar-refractivity contribution in [3.8, 4) is 0 Å². The highest BCUT2D eigenvalue weighted by Gasteiger charge is 2.44. The maximum Gasteiger partial charge on any atom is 0.416 e. The van der Waals surface area contributed by atoms with Gasteiger partial charge >= 0.3 is 6.09 Å². The molecule has 0 bridgehead atoms. The van der Waals surface area contributed by atoms with Crippen molar-refractivity contribution in [2.45, 2.75) is 37.6 Å². The smallest absolute Gasteiger partial charge is 0.416 e. The maximum absolute atomic E-state index is 13.4. The van der Waals surface area contributed by atoms with Gasteiger partial charge < -0.3 is 4.74 Å². The molecule has 2 amide bonds. The number of ketones is 1. The van der Waals surface area contributed by atoms with E-state index in [4.69, 9.17) is 4.74 Å². The zero-order valence-corrected chi connectivity index (χ0v) is 15.6. The highest BCUT2D eigenvalue weighted by Crippen LogP contribution is 2.38. The summed E-state index contributed by atoms with van der Waals surface area (Å²) in [5.74, 6) is -0.628. The second-order valence-electron chi connectivity index (χ2n) is 7.53. The quantitative estimate of drug-likeness (QED) is 0.814. The molecule has 28 heavy (non-hydrogen) atoms. The van der Waals surface area contributed by atoms with Crippen LogP contribution < -0.4 is 0 Å². The van der Waals surface area contributed by atoms with Crippen LogP contribution in [0.3, 0.4) is 0 Å². The molecule has 0 unspecified atom stereocenters. The Morgan fingerprint density at radius 2 is 1.68 bits per heavy atom. The van der Waals surface area contributed by atoms with Crippen molar-refractivity contribution in [1.29, 1.82) is 0 Å². The summed E-state index contributed by atoms with van der Waals surface area (Å²) in [6.07, 6.45) is 1.19. The molecule has 1 saturated heterocycles. The number of amides is 2. The van der Waals surface area contributed by atoms with Gasteiger partial charge in [0.25, 0.3) is 0 Å². The van der Waals surface area contributed by atoms with Gasteiger partial charge in [-0.3, -0.25) is 9.59 Å². The van der Waals surface area contributed by atoms with Crippen LogP contribution in [0.1, 0.15) is 36.3 Å². The second kappa shape index (κ2) is 7.97. The molecule has 0 N–H and O–H groups in total. The van der Waals surface area contributed by atoms with Crippen molar-refractivity contribution in [2.75, 3.05) is 6.61 Å². The molecule has 2 aromatic rings. The number of ether oxygens (including phenoxy) is 1. The van der Waals surface area contributed by atoms with Gasteiger partial charge in [-0.15, -0.1) is 0 Å². The zero-order valence-electron chi connectivity index (χ0n) is 15.6. The highest BCUT2D eigenvalue weighted by molar-refractivity contribution is 5.96. The summed E-state index contributed by atoms with van der Waals surface area (Å²) in [6, 6.07) is 19.1. The van der Waals surface area contributed by atoms with Crippen molar-refractivity contribution in [1.82, 2.24) is 4.90 Å². The number of imide groups is 1. The third-order valence-corrected chi connectivity index (χ3v) is 5.73. The SMILES string of the molecule is O=C1CC[C@@H](C(=O)N2C(=O)OC[C@H]2Cc2ccccc2)[C@H](c2ccccc2)C1. The Balaban J connectivity index is 1.58. The minimum Gasteiger partial charge on any atom is -0.447 e. The van der Waals surface area contributed by atoms with E-state index in [2.05, 4.69) is 0 Å². The number of Topliss-reactive ketones (excluding diaryl/α,β-unsaturated/α-hetero) is 1. The molecule has 1 aliphatic heterocycles. The van der Waals surface area contributed by atoms with E-state index in [0.29, 0.717) is 25.7 Å². The van der Waals surface area contributed by atoms with Gasteiger partial charge in [-0.05, 0) is 24.0 Å². The number of nitrogens with zero attached hydrogens (tertiary/aromatic N) is 1. The van der Waals surface area contributed by atoms with Gasteiger partial charge in [-0.1, -0.05) is 60.7 Å². The van der Waals surface area contributed by atoms with E-state index >= 15 is 0 Å². The average Bonchev–Trinajstić information content (AvgIpc) is 3.09. The predicted molar refractivity (Wildman–Crippen MR) is 104 cm³/mol. The number of cyclic esters (lactones) is 1. The number of rotatable bonds is 4. The third kappa shape index (κ3) is 3.70. The standard InChI is InChI=1S/C23H23NO4/c25-19-11-12-20(21(14-19)17-9-5-2-6-10-17)22(26)24-18(15-28-23(24)27)13-16-7-3-1-4-8-16/h1-10,18,20-21H,11-15H2/t18-,20-,21+/m1/s1. The van der Waals surface area contributed by atoms with Gasteiger partial charge in [0.15, 0.2) is 0 Å². The normalized spacial score (nSPS) is 24.9. The molecule has 0 radical (unpaired) electrons. The Kier molecular flexibility index (Phi) is 5.24. The summed E-state index contributed by atoms with van der Waals surface area (Å²) in [4.78, 5) is 39.2. The molecule has 2 aliphatic rings. The van der Waals surface area contributed by atoms with Crippen LogP contribution in [0.4, 0.5) is 4.79 Å². The lowest BCUT2D eigenvalue weighted by Gasteiger charge is -2.33. The highest BCUT2D eigenvalue weighted by atomic mass is 16.6. The average molecular weight is 377 g/mol. The molecular weight excluding hydrogens is 354 g/mol. The first-order valence-corrected chi connectivity index (χ1v) is 9.74. The van der Waals surface area contributed by atoms with Gasteiger partial charge in [-0.2, -0.15) is 0 Å². The van der Waals surface area contributed by atoms with E-state index in [1.165, 1.54) is 4.90 Å². The molecule has 144 valence electrons. The summed E-state index contributed by atoms with van der Waals surface area (Å²) in [5, 5.41) is 0. The Labute approximate surface area is 164 Å². The molecule has 0 spiro atoms. The lowest BCUT2D eigenvalue weighted by atomic mass is 9.74. The topological polar surface area (TPSA) is 63.7 Å². The van der Waals surface area contributed by atoms with Crippen molar-refractivity contribution in [2.24, 2.45) is 5.92 Å². The fourth-order valence-corrected chi connectivity index (χ4v) is 4.30. The molecule has 2 aromatic carbocycles. The summed E-state index contributed by atoms with van der Waals surface area (Å²) >= 11 is 0. The largest absolute Gasteiger partial charge is 0.447 e. The first kappa shape index (κ1) is 18.4. The van der Waals surface area contributed by atoms with Gasteiger partial charge in [0.2, 0.25) is 5.91 Å². The van der Waals surface area contributed by atoms with Crippen molar-refractivity contribution in [3.63, 3.8) is 0 Å². The van der Waals surface area contributed by atoms with Crippen LogP contribution in [0.25, 0.3) is 0 Å². The number of hydrogen-bond acceptors (Lipinski definition) is 4. The summed E-state index contributed by atoms with van der Waals surface area (Å²) in [6.45, 7) is 0.209. The van der Waals surface area contributed by atoms with E-state index in [-0.39, 0.29) is 36.2 Å². The van der Waals surface area contributed by atoms with Crippen LogP contribution in [0.2, 0.25) is 0 Å². The van der Waals surface area contributed by atoms with Gasteiger partial charge in [0, 0.05) is 24.7 Å². The molecule has 3 atom stereocenters. The molecule has 1 saturated carbocycles. The van der Waals surface area contributed by atoms with Gasteiger partial charge in [0.05, 0.1) is 6.04 Å². The monoisotopic (exact) mass is 377 g/mol. The molecule has 0 aromatic heterocycles. The van der Waals surface area contributed by atoms with E-state index in [1.807, 2.05) is 60.7 Å². The van der Waals surface area contributed by atoms with E-state index in [1.54, 1.807) is 0 Å². The van der Waals surface area contributed by atoms with Crippen LogP contribution >= 0.6 is 0 Å². The number of carbonyl (C=O) groups is 3. The molecule has 4 rings (SSSR count). The first-order valence-electron chi connectivity index (χ1n) is 9.74. The number of benzene rings is 2. The molecule has 5 nitrogen and oxygen atoms in total. The second-order valence-corrected chi connectivity index (χ2v) is 7.53. The summed E-state index contributed by atoms with van der Waals surface area (Å²) in [7, 11) is 0. The lowest BCUT2D eigenvalue weighted by molar-refractivity contribution is -0.136. The Morgan fingerprint density at radius 3 is 2.39 bits per heavy atom. The van der Waals surface area contributed by atoms with Gasteiger partial charge in [-0.25, -0.2) is 9.69 Å². The van der Waals surface area contributed by atoms with Crippen LogP contribution in [0.15, 0.2) is 60.7 Å². The Hall–Kier alpha value is -2.95. The van der Waals surface area contributed by atoms with Crippen molar-refractivity contribution < 1.29 is 19.1 Å². The van der Waals surface area contributed by atoms with Crippen molar-refractivity contribution >= 4 is 17.8 Å². The Morgan fingerprint density at radius 1 is 1.00 bits per heavy atom. The summed E-state index contributed by atoms with van der Waals surface area (Å²) < 4.78 is 5.22. The maximum atomic E-state index is 13.4. The van der Waals surface area contributed by atoms with Crippen molar-refractivity contribution in [3.05, 3.63) is 71.8 Å². The number of carbonyl (C=O) groups excluding carboxylic acids is 3. The molecule has 5 heteroatoms. The van der Waals surface area contributed by atoms with Gasteiger partial charge in [0.1, 0.15) is 12.4 Å². The van der Waals surface area contributed by atoms with E-state index in [0.717, 1.165) is 11.1 Å². The van der Waals surface area contributed by atoms with E-state index in [9.17, 15) is 14.4 Å². The predicted octanol–water partition coefficient (Wildman–Crippen LogP) is 3.73. The van der Waals surface area contributed by atoms with Crippen LogP contribution in [0.5, 0.6) is 0 Å². The number of hydrogen-bond donors (Lipinski definition) is 0. The minimum atomic E-state index is -0.574. The molecule has 2 fully saturated rings.